The minimum Gasteiger partial charge on any atom is -0.368 e. The summed E-state index contributed by atoms with van der Waals surface area (Å²) in [6.07, 6.45) is 1.00. The van der Waals surface area contributed by atoms with Crippen molar-refractivity contribution < 1.29 is 0 Å². The van der Waals surface area contributed by atoms with Crippen molar-refractivity contribution in [2.45, 2.75) is 6.42 Å². The maximum atomic E-state index is 5.62. The number of nitrogens with zero attached hydrogens (tertiary/aromatic N) is 2. The minimum absolute atomic E-state index is 0.474. The lowest BCUT2D eigenvalue weighted by Crippen LogP contribution is -1.94. The molecule has 0 fully saturated rings. The third kappa shape index (κ3) is 0.827. The summed E-state index contributed by atoms with van der Waals surface area (Å²) in [4.78, 5) is 0. The van der Waals surface area contributed by atoms with Crippen molar-refractivity contribution in [1.82, 2.24) is 10.2 Å². The fourth-order valence-electron chi connectivity index (χ4n) is 1.06. The number of hydrogen-bond donors (Lipinski definition) is 1. The SMILES string of the molecule is Clc1cc2c(nn1)NCC2. The zero-order valence-electron chi connectivity index (χ0n) is 5.26. The Bertz CT molecular complexity index is 261. The van der Waals surface area contributed by atoms with E-state index in [1.807, 2.05) is 6.07 Å². The van der Waals surface area contributed by atoms with Crippen molar-refractivity contribution in [3.63, 3.8) is 0 Å². The molecule has 0 radical (unpaired) electrons. The molecule has 0 bridgehead atoms. The molecule has 2 heterocycles. The molecule has 1 aromatic heterocycles. The summed E-state index contributed by atoms with van der Waals surface area (Å²) < 4.78 is 0. The van der Waals surface area contributed by atoms with Gasteiger partial charge in [0.05, 0.1) is 0 Å². The number of aromatic nitrogens is 2. The lowest BCUT2D eigenvalue weighted by molar-refractivity contribution is 1.03. The topological polar surface area (TPSA) is 37.8 Å². The summed E-state index contributed by atoms with van der Waals surface area (Å²) in [6.45, 7) is 0.949. The van der Waals surface area contributed by atoms with Crippen molar-refractivity contribution in [3.8, 4) is 0 Å². The van der Waals surface area contributed by atoms with E-state index in [1.165, 1.54) is 5.56 Å². The molecule has 1 aliphatic rings. The van der Waals surface area contributed by atoms with E-state index in [1.54, 1.807) is 0 Å². The number of fused-ring (bicyclic) bond motifs is 1. The van der Waals surface area contributed by atoms with Gasteiger partial charge in [-0.3, -0.25) is 0 Å². The highest BCUT2D eigenvalue weighted by molar-refractivity contribution is 6.29. The second-order valence-corrected chi connectivity index (χ2v) is 2.60. The van der Waals surface area contributed by atoms with Gasteiger partial charge in [0.2, 0.25) is 0 Å². The molecule has 0 aromatic carbocycles. The smallest absolute Gasteiger partial charge is 0.152 e. The summed E-state index contributed by atoms with van der Waals surface area (Å²) in [5.74, 6) is 0.879. The van der Waals surface area contributed by atoms with Crippen LogP contribution in [0.2, 0.25) is 5.15 Å². The lowest BCUT2D eigenvalue weighted by atomic mass is 10.2. The van der Waals surface area contributed by atoms with E-state index in [4.69, 9.17) is 11.6 Å². The van der Waals surface area contributed by atoms with Crippen LogP contribution in [0.25, 0.3) is 0 Å². The Labute approximate surface area is 63.4 Å². The summed E-state index contributed by atoms with van der Waals surface area (Å²) in [5, 5.41) is 11.1. The standard InChI is InChI=1S/C6H6ClN3/c7-5-3-4-1-2-8-6(4)10-9-5/h3H,1-2H2,(H,8,10). The van der Waals surface area contributed by atoms with Crippen molar-refractivity contribution in [2.75, 3.05) is 11.9 Å². The van der Waals surface area contributed by atoms with Crippen LogP contribution in [0.4, 0.5) is 5.82 Å². The summed E-state index contributed by atoms with van der Waals surface area (Å²) in [5.41, 5.74) is 1.17. The minimum atomic E-state index is 0.474. The van der Waals surface area contributed by atoms with Crippen LogP contribution in [0.15, 0.2) is 6.07 Å². The highest BCUT2D eigenvalue weighted by atomic mass is 35.5. The molecule has 1 N–H and O–H groups in total. The fraction of sp³-hybridized carbons (Fsp3) is 0.333. The van der Waals surface area contributed by atoms with Gasteiger partial charge >= 0.3 is 0 Å². The average Bonchev–Trinajstić information content (AvgIpc) is 2.33. The monoisotopic (exact) mass is 155 g/mol. The normalized spacial score (nSPS) is 14.5. The lowest BCUT2D eigenvalue weighted by Gasteiger charge is -1.94. The Morgan fingerprint density at radius 1 is 1.50 bits per heavy atom. The zero-order chi connectivity index (χ0) is 6.97. The van der Waals surface area contributed by atoms with Gasteiger partial charge in [0.1, 0.15) is 0 Å². The van der Waals surface area contributed by atoms with E-state index >= 15 is 0 Å². The van der Waals surface area contributed by atoms with Gasteiger partial charge in [-0.25, -0.2) is 0 Å². The second-order valence-electron chi connectivity index (χ2n) is 2.22. The van der Waals surface area contributed by atoms with Gasteiger partial charge < -0.3 is 5.32 Å². The first-order chi connectivity index (χ1) is 4.86. The van der Waals surface area contributed by atoms with Crippen molar-refractivity contribution in [3.05, 3.63) is 16.8 Å². The second kappa shape index (κ2) is 2.09. The molecule has 2 rings (SSSR count). The first-order valence-electron chi connectivity index (χ1n) is 3.12. The molecule has 0 spiro atoms. The van der Waals surface area contributed by atoms with Crippen molar-refractivity contribution in [1.29, 1.82) is 0 Å². The predicted octanol–water partition coefficient (Wildman–Crippen LogP) is 1.10. The van der Waals surface area contributed by atoms with Gasteiger partial charge in [0.25, 0.3) is 0 Å². The Hall–Kier alpha value is -0.830. The van der Waals surface area contributed by atoms with Crippen LogP contribution in [-0.4, -0.2) is 16.7 Å². The van der Waals surface area contributed by atoms with Crippen molar-refractivity contribution >= 4 is 17.4 Å². The molecule has 0 amide bonds. The van der Waals surface area contributed by atoms with Gasteiger partial charge in [-0.05, 0) is 12.5 Å². The molecule has 0 aliphatic carbocycles. The van der Waals surface area contributed by atoms with E-state index < -0.39 is 0 Å². The van der Waals surface area contributed by atoms with Crippen LogP contribution in [0.1, 0.15) is 5.56 Å². The molecule has 1 aromatic rings. The molecule has 1 aliphatic heterocycles. The average molecular weight is 156 g/mol. The third-order valence-electron chi connectivity index (χ3n) is 1.53. The quantitative estimate of drug-likeness (QED) is 0.610. The summed E-state index contributed by atoms with van der Waals surface area (Å²) >= 11 is 5.62. The maximum Gasteiger partial charge on any atom is 0.152 e. The van der Waals surface area contributed by atoms with Crippen LogP contribution < -0.4 is 5.32 Å². The van der Waals surface area contributed by atoms with E-state index in [0.717, 1.165) is 18.8 Å². The number of anilines is 1. The van der Waals surface area contributed by atoms with Crippen LogP contribution in [0.3, 0.4) is 0 Å². The van der Waals surface area contributed by atoms with Gasteiger partial charge in [0, 0.05) is 12.1 Å². The van der Waals surface area contributed by atoms with Crippen LogP contribution in [0.5, 0.6) is 0 Å². The van der Waals surface area contributed by atoms with E-state index in [0.29, 0.717) is 5.15 Å². The molecular weight excluding hydrogens is 150 g/mol. The van der Waals surface area contributed by atoms with Crippen LogP contribution in [-0.2, 0) is 6.42 Å². The highest BCUT2D eigenvalue weighted by Crippen LogP contribution is 2.19. The van der Waals surface area contributed by atoms with Gasteiger partial charge in [-0.15, -0.1) is 10.2 Å². The summed E-state index contributed by atoms with van der Waals surface area (Å²) in [6, 6.07) is 1.85. The number of rotatable bonds is 0. The molecule has 0 atom stereocenters. The largest absolute Gasteiger partial charge is 0.368 e. The Morgan fingerprint density at radius 3 is 3.30 bits per heavy atom. The number of hydrogen-bond acceptors (Lipinski definition) is 3. The third-order valence-corrected chi connectivity index (χ3v) is 1.71. The van der Waals surface area contributed by atoms with Crippen molar-refractivity contribution in [2.24, 2.45) is 0 Å². The highest BCUT2D eigenvalue weighted by Gasteiger charge is 2.11. The molecule has 0 saturated heterocycles. The molecule has 0 saturated carbocycles. The number of halogens is 1. The molecule has 0 unspecified atom stereocenters. The van der Waals surface area contributed by atoms with E-state index in [2.05, 4.69) is 15.5 Å². The molecule has 3 nitrogen and oxygen atoms in total. The van der Waals surface area contributed by atoms with E-state index in [9.17, 15) is 0 Å². The Balaban J connectivity index is 2.52. The van der Waals surface area contributed by atoms with Gasteiger partial charge in [-0.2, -0.15) is 0 Å². The molecular formula is C6H6ClN3. The van der Waals surface area contributed by atoms with Gasteiger partial charge in [-0.1, -0.05) is 11.6 Å². The van der Waals surface area contributed by atoms with Crippen LogP contribution >= 0.6 is 11.6 Å². The predicted molar refractivity (Wildman–Crippen MR) is 39.2 cm³/mol. The molecule has 52 valence electrons. The fourth-order valence-corrected chi connectivity index (χ4v) is 1.23. The Morgan fingerprint density at radius 2 is 2.40 bits per heavy atom. The number of nitrogens with one attached hydrogen (secondary N) is 1. The van der Waals surface area contributed by atoms with Gasteiger partial charge in [0.15, 0.2) is 11.0 Å². The van der Waals surface area contributed by atoms with E-state index in [-0.39, 0.29) is 0 Å². The maximum absolute atomic E-state index is 5.62. The van der Waals surface area contributed by atoms with Crippen LogP contribution in [0, 0.1) is 0 Å². The Kier molecular flexibility index (Phi) is 1.24. The molecule has 4 heteroatoms. The zero-order valence-corrected chi connectivity index (χ0v) is 6.02. The first-order valence-corrected chi connectivity index (χ1v) is 3.50. The summed E-state index contributed by atoms with van der Waals surface area (Å²) in [7, 11) is 0. The first kappa shape index (κ1) is 5.92. The molecule has 10 heavy (non-hydrogen) atoms.